The Labute approximate surface area is 103 Å². The van der Waals surface area contributed by atoms with Gasteiger partial charge in [0.2, 0.25) is 0 Å². The van der Waals surface area contributed by atoms with Crippen molar-refractivity contribution in [1.82, 2.24) is 0 Å². The molecule has 2 aliphatic heterocycles. The molecule has 0 aromatic carbocycles. The third kappa shape index (κ3) is 3.59. The number of hydrogen-bond donors (Lipinski definition) is 0. The molecule has 2 unspecified atom stereocenters. The first kappa shape index (κ1) is 12.1. The van der Waals surface area contributed by atoms with Crippen LogP contribution in [0.3, 0.4) is 0 Å². The van der Waals surface area contributed by atoms with E-state index in [-0.39, 0.29) is 35.7 Å². The van der Waals surface area contributed by atoms with Crippen LogP contribution in [0.5, 0.6) is 0 Å². The number of carbonyl (C=O) groups is 2. The van der Waals surface area contributed by atoms with Gasteiger partial charge in [-0.2, -0.15) is 0 Å². The second-order valence-electron chi connectivity index (χ2n) is 3.66. The smallest absolute Gasteiger partial charge is 0.307 e. The maximum Gasteiger partial charge on any atom is 0.307 e. The number of thioether (sulfide) groups is 2. The Hall–Kier alpha value is -0.360. The fourth-order valence-corrected chi connectivity index (χ4v) is 2.44. The SMILES string of the molecule is O=C(CCC(=O)OC1CCS1)OC1CCS1. The van der Waals surface area contributed by atoms with Crippen molar-refractivity contribution < 1.29 is 19.1 Å². The van der Waals surface area contributed by atoms with Crippen LogP contribution in [0, 0.1) is 0 Å². The van der Waals surface area contributed by atoms with Crippen molar-refractivity contribution in [2.24, 2.45) is 0 Å². The summed E-state index contributed by atoms with van der Waals surface area (Å²) < 4.78 is 10.2. The molecule has 4 nitrogen and oxygen atoms in total. The number of esters is 2. The summed E-state index contributed by atoms with van der Waals surface area (Å²) in [6.07, 6.45) is 2.12. The number of ether oxygens (including phenoxy) is 2. The van der Waals surface area contributed by atoms with Gasteiger partial charge in [0.1, 0.15) is 10.9 Å². The van der Waals surface area contributed by atoms with Gasteiger partial charge in [0, 0.05) is 24.3 Å². The molecule has 0 aromatic heterocycles. The van der Waals surface area contributed by atoms with Gasteiger partial charge in [-0.25, -0.2) is 0 Å². The standard InChI is InChI=1S/C10H14O4S2/c11-7(13-9-3-5-15-9)1-2-8(12)14-10-4-6-16-10/h9-10H,1-6H2. The zero-order valence-electron chi connectivity index (χ0n) is 8.85. The molecule has 0 N–H and O–H groups in total. The Balaban J connectivity index is 1.54. The molecule has 2 heterocycles. The van der Waals surface area contributed by atoms with Gasteiger partial charge in [-0.1, -0.05) is 0 Å². The fourth-order valence-electron chi connectivity index (χ4n) is 1.23. The summed E-state index contributed by atoms with van der Waals surface area (Å²) in [6.45, 7) is 0. The summed E-state index contributed by atoms with van der Waals surface area (Å²) in [7, 11) is 0. The molecule has 2 rings (SSSR count). The lowest BCUT2D eigenvalue weighted by molar-refractivity contribution is -0.152. The number of hydrogen-bond acceptors (Lipinski definition) is 6. The Bertz CT molecular complexity index is 246. The van der Waals surface area contributed by atoms with Crippen LogP contribution in [-0.2, 0) is 19.1 Å². The number of carbonyl (C=O) groups excluding carboxylic acids is 2. The first-order valence-electron chi connectivity index (χ1n) is 5.36. The maximum absolute atomic E-state index is 11.3. The van der Waals surface area contributed by atoms with E-state index < -0.39 is 0 Å². The van der Waals surface area contributed by atoms with E-state index in [1.165, 1.54) is 0 Å². The van der Waals surface area contributed by atoms with Crippen molar-refractivity contribution in [3.05, 3.63) is 0 Å². The third-order valence-electron chi connectivity index (χ3n) is 2.37. The predicted octanol–water partition coefficient (Wildman–Crippen LogP) is 1.78. The second-order valence-corrected chi connectivity index (χ2v) is 6.19. The van der Waals surface area contributed by atoms with Crippen LogP contribution in [0.25, 0.3) is 0 Å². The average molecular weight is 262 g/mol. The molecule has 0 radical (unpaired) electrons. The molecular weight excluding hydrogens is 248 g/mol. The summed E-state index contributed by atoms with van der Waals surface area (Å²) >= 11 is 3.26. The third-order valence-corrected chi connectivity index (χ3v) is 4.72. The summed E-state index contributed by atoms with van der Waals surface area (Å²) in [5.41, 5.74) is 0.0383. The zero-order chi connectivity index (χ0) is 11.4. The second kappa shape index (κ2) is 5.82. The van der Waals surface area contributed by atoms with Crippen molar-refractivity contribution in [1.29, 1.82) is 0 Å². The van der Waals surface area contributed by atoms with Gasteiger partial charge in [0.05, 0.1) is 12.8 Å². The first-order valence-corrected chi connectivity index (χ1v) is 7.46. The lowest BCUT2D eigenvalue weighted by Crippen LogP contribution is -2.25. The molecule has 16 heavy (non-hydrogen) atoms. The van der Waals surface area contributed by atoms with E-state index in [9.17, 15) is 9.59 Å². The summed E-state index contributed by atoms with van der Waals surface area (Å²) in [5, 5.41) is 0. The van der Waals surface area contributed by atoms with Crippen molar-refractivity contribution in [3.63, 3.8) is 0 Å². The first-order chi connectivity index (χ1) is 7.74. The van der Waals surface area contributed by atoms with Gasteiger partial charge in [0.15, 0.2) is 0 Å². The van der Waals surface area contributed by atoms with Gasteiger partial charge < -0.3 is 9.47 Å². The molecule has 0 aromatic rings. The van der Waals surface area contributed by atoms with Crippen LogP contribution in [0.1, 0.15) is 25.7 Å². The highest BCUT2D eigenvalue weighted by Crippen LogP contribution is 2.30. The van der Waals surface area contributed by atoms with Crippen molar-refractivity contribution in [2.75, 3.05) is 11.5 Å². The lowest BCUT2D eigenvalue weighted by Gasteiger charge is -2.25. The van der Waals surface area contributed by atoms with Gasteiger partial charge in [-0.15, -0.1) is 23.5 Å². The minimum absolute atomic E-state index is 0.0192. The van der Waals surface area contributed by atoms with Gasteiger partial charge >= 0.3 is 11.9 Å². The summed E-state index contributed by atoms with van der Waals surface area (Å²) in [5.74, 6) is 1.52. The van der Waals surface area contributed by atoms with Crippen LogP contribution in [-0.4, -0.2) is 34.3 Å². The zero-order valence-corrected chi connectivity index (χ0v) is 10.5. The number of rotatable bonds is 5. The largest absolute Gasteiger partial charge is 0.451 e. The Morgan fingerprint density at radius 2 is 1.31 bits per heavy atom. The highest BCUT2D eigenvalue weighted by molar-refractivity contribution is 8.01. The van der Waals surface area contributed by atoms with Crippen LogP contribution >= 0.6 is 23.5 Å². The van der Waals surface area contributed by atoms with E-state index in [4.69, 9.17) is 9.47 Å². The molecule has 0 aliphatic carbocycles. The average Bonchev–Trinajstić information content (AvgIpc) is 2.14. The molecule has 2 aliphatic rings. The lowest BCUT2D eigenvalue weighted by atomic mass is 10.3. The van der Waals surface area contributed by atoms with E-state index in [1.807, 2.05) is 0 Å². The van der Waals surface area contributed by atoms with E-state index in [0.717, 1.165) is 24.3 Å². The van der Waals surface area contributed by atoms with Crippen LogP contribution in [0.15, 0.2) is 0 Å². The Morgan fingerprint density at radius 3 is 1.56 bits per heavy atom. The predicted molar refractivity (Wildman–Crippen MR) is 63.1 cm³/mol. The monoisotopic (exact) mass is 262 g/mol. The normalized spacial score (nSPS) is 27.5. The molecule has 6 heteroatoms. The molecule has 0 saturated carbocycles. The highest BCUT2D eigenvalue weighted by atomic mass is 32.2. The maximum atomic E-state index is 11.3. The summed E-state index contributed by atoms with van der Waals surface area (Å²) in [6, 6.07) is 0. The minimum atomic E-state index is -0.296. The topological polar surface area (TPSA) is 52.6 Å². The molecule has 0 bridgehead atoms. The molecule has 2 fully saturated rings. The van der Waals surface area contributed by atoms with Gasteiger partial charge in [-0.3, -0.25) is 9.59 Å². The van der Waals surface area contributed by atoms with Gasteiger partial charge in [0.25, 0.3) is 0 Å². The minimum Gasteiger partial charge on any atom is -0.451 e. The Kier molecular flexibility index (Phi) is 4.40. The van der Waals surface area contributed by atoms with E-state index in [1.54, 1.807) is 23.5 Å². The van der Waals surface area contributed by atoms with E-state index in [2.05, 4.69) is 0 Å². The molecule has 90 valence electrons. The van der Waals surface area contributed by atoms with Crippen LogP contribution in [0.4, 0.5) is 0 Å². The van der Waals surface area contributed by atoms with Crippen molar-refractivity contribution in [2.45, 2.75) is 36.6 Å². The molecular formula is C10H14O4S2. The molecule has 2 atom stereocenters. The highest BCUT2D eigenvalue weighted by Gasteiger charge is 2.24. The van der Waals surface area contributed by atoms with E-state index in [0.29, 0.717) is 0 Å². The Morgan fingerprint density at radius 1 is 0.938 bits per heavy atom. The van der Waals surface area contributed by atoms with Crippen molar-refractivity contribution >= 4 is 35.5 Å². The fraction of sp³-hybridized carbons (Fsp3) is 0.800. The van der Waals surface area contributed by atoms with E-state index >= 15 is 0 Å². The van der Waals surface area contributed by atoms with Crippen LogP contribution < -0.4 is 0 Å². The summed E-state index contributed by atoms with van der Waals surface area (Å²) in [4.78, 5) is 22.5. The quantitative estimate of drug-likeness (QED) is 0.704. The van der Waals surface area contributed by atoms with Crippen LogP contribution in [0.2, 0.25) is 0 Å². The van der Waals surface area contributed by atoms with Gasteiger partial charge in [-0.05, 0) is 0 Å². The molecule has 0 amide bonds. The van der Waals surface area contributed by atoms with Crippen molar-refractivity contribution in [3.8, 4) is 0 Å². The molecule has 0 spiro atoms. The molecule has 2 saturated heterocycles.